The molecule has 16 heavy (non-hydrogen) atoms. The maximum Gasteiger partial charge on any atom is 0.341 e. The number of carboxylic acids is 1. The van der Waals surface area contributed by atoms with Crippen molar-refractivity contribution in [3.8, 4) is 0 Å². The summed E-state index contributed by atoms with van der Waals surface area (Å²) in [7, 11) is 0. The van der Waals surface area contributed by atoms with E-state index in [1.807, 2.05) is 0 Å². The van der Waals surface area contributed by atoms with Gasteiger partial charge in [0.1, 0.15) is 5.56 Å². The first-order chi connectivity index (χ1) is 7.66. The first kappa shape index (κ1) is 10.9. The van der Waals surface area contributed by atoms with Crippen LogP contribution in [0.3, 0.4) is 0 Å². The van der Waals surface area contributed by atoms with Crippen LogP contribution in [0.2, 0.25) is 0 Å². The molecule has 1 aliphatic rings. The molecule has 2 N–H and O–H groups in total. The van der Waals surface area contributed by atoms with Crippen molar-refractivity contribution < 1.29 is 9.90 Å². The number of rotatable bonds is 3. The summed E-state index contributed by atoms with van der Waals surface area (Å²) in [6, 6.07) is 3.11. The molecule has 1 fully saturated rings. The van der Waals surface area contributed by atoms with Gasteiger partial charge in [-0.15, -0.1) is 0 Å². The second kappa shape index (κ2) is 4.51. The second-order valence-corrected chi connectivity index (χ2v) is 4.39. The summed E-state index contributed by atoms with van der Waals surface area (Å²) < 4.78 is 0. The lowest BCUT2D eigenvalue weighted by molar-refractivity contribution is 0.0695. The summed E-state index contributed by atoms with van der Waals surface area (Å²) in [5.41, 5.74) is 0.167. The molecule has 1 aromatic rings. The Hall–Kier alpha value is -1.58. The minimum Gasteiger partial charge on any atom is -0.477 e. The molecule has 0 spiro atoms. The van der Waals surface area contributed by atoms with Crippen molar-refractivity contribution in [1.29, 1.82) is 0 Å². The van der Waals surface area contributed by atoms with Crippen molar-refractivity contribution in [2.75, 3.05) is 0 Å². The van der Waals surface area contributed by atoms with E-state index in [-0.39, 0.29) is 5.56 Å². The number of carbonyl (C=O) groups is 1. The zero-order valence-electron chi connectivity index (χ0n) is 9.03. The maximum absolute atomic E-state index is 11.4. The lowest BCUT2D eigenvalue weighted by Gasteiger charge is -2.08. The van der Waals surface area contributed by atoms with Gasteiger partial charge in [-0.25, -0.2) is 4.79 Å². The van der Waals surface area contributed by atoms with Crippen LogP contribution in [0.1, 0.15) is 41.7 Å². The third-order valence-electron chi connectivity index (χ3n) is 3.18. The number of hydrogen-bond acceptors (Lipinski definition) is 2. The third kappa shape index (κ3) is 2.32. The molecule has 0 atom stereocenters. The van der Waals surface area contributed by atoms with Gasteiger partial charge in [0.15, 0.2) is 0 Å². The fraction of sp³-hybridized carbons (Fsp3) is 0.500. The fourth-order valence-electron chi connectivity index (χ4n) is 2.33. The average molecular weight is 221 g/mol. The van der Waals surface area contributed by atoms with E-state index >= 15 is 0 Å². The molecule has 2 rings (SSSR count). The molecule has 1 heterocycles. The molecule has 0 bridgehead atoms. The van der Waals surface area contributed by atoms with Crippen LogP contribution < -0.4 is 5.56 Å². The van der Waals surface area contributed by atoms with Crippen LogP contribution in [0.5, 0.6) is 0 Å². The van der Waals surface area contributed by atoms with Crippen LogP contribution in [0.25, 0.3) is 0 Å². The summed E-state index contributed by atoms with van der Waals surface area (Å²) in [5, 5.41) is 8.72. The fourth-order valence-corrected chi connectivity index (χ4v) is 2.33. The predicted octanol–water partition coefficient (Wildman–Crippen LogP) is 1.81. The van der Waals surface area contributed by atoms with E-state index < -0.39 is 11.5 Å². The number of nitrogens with one attached hydrogen (secondary N) is 1. The Labute approximate surface area is 93.3 Å². The van der Waals surface area contributed by atoms with Gasteiger partial charge in [-0.05, 0) is 24.5 Å². The van der Waals surface area contributed by atoms with Crippen LogP contribution in [-0.2, 0) is 6.42 Å². The highest BCUT2D eigenvalue weighted by molar-refractivity contribution is 5.86. The second-order valence-electron chi connectivity index (χ2n) is 4.39. The highest BCUT2D eigenvalue weighted by Crippen LogP contribution is 2.27. The van der Waals surface area contributed by atoms with Crippen LogP contribution >= 0.6 is 0 Å². The quantitative estimate of drug-likeness (QED) is 0.817. The summed E-state index contributed by atoms with van der Waals surface area (Å²) in [4.78, 5) is 24.7. The van der Waals surface area contributed by atoms with Crippen LogP contribution in [-0.4, -0.2) is 16.1 Å². The van der Waals surface area contributed by atoms with E-state index in [1.54, 1.807) is 6.07 Å². The maximum atomic E-state index is 11.4. The largest absolute Gasteiger partial charge is 0.477 e. The summed E-state index contributed by atoms with van der Waals surface area (Å²) in [6.45, 7) is 0. The predicted molar refractivity (Wildman–Crippen MR) is 59.7 cm³/mol. The normalized spacial score (nSPS) is 16.5. The van der Waals surface area contributed by atoms with Gasteiger partial charge in [-0.3, -0.25) is 4.79 Å². The van der Waals surface area contributed by atoms with Crippen molar-refractivity contribution in [1.82, 2.24) is 4.98 Å². The Morgan fingerprint density at radius 1 is 1.38 bits per heavy atom. The molecule has 0 saturated heterocycles. The minimum absolute atomic E-state index is 0.185. The van der Waals surface area contributed by atoms with Crippen molar-refractivity contribution in [2.24, 2.45) is 5.92 Å². The van der Waals surface area contributed by atoms with Gasteiger partial charge in [0.25, 0.3) is 5.56 Å². The first-order valence-corrected chi connectivity index (χ1v) is 5.62. The van der Waals surface area contributed by atoms with Crippen molar-refractivity contribution in [3.05, 3.63) is 33.7 Å². The zero-order valence-corrected chi connectivity index (χ0v) is 9.03. The molecule has 1 aromatic heterocycles. The smallest absolute Gasteiger partial charge is 0.341 e. The summed E-state index contributed by atoms with van der Waals surface area (Å²) in [5.74, 6) is -0.528. The molecule has 0 aliphatic heterocycles. The molecule has 0 radical (unpaired) electrons. The Bertz CT molecular complexity index is 444. The number of H-pyrrole nitrogens is 1. The summed E-state index contributed by atoms with van der Waals surface area (Å²) >= 11 is 0. The van der Waals surface area contributed by atoms with Crippen LogP contribution in [0, 0.1) is 5.92 Å². The standard InChI is InChI=1S/C12H15NO3/c14-11-10(12(15)16)6-5-9(13-11)7-8-3-1-2-4-8/h5-6,8H,1-4,7H2,(H,13,14)(H,15,16). The van der Waals surface area contributed by atoms with E-state index in [0.717, 1.165) is 12.1 Å². The van der Waals surface area contributed by atoms with Gasteiger partial charge < -0.3 is 10.1 Å². The summed E-state index contributed by atoms with van der Waals surface area (Å²) in [6.07, 6.45) is 5.81. The molecule has 1 aliphatic carbocycles. The SMILES string of the molecule is O=C(O)c1ccc(CC2CCCC2)[nH]c1=O. The number of aromatic carboxylic acids is 1. The number of carboxylic acid groups (broad SMARTS) is 1. The molecule has 4 heteroatoms. The topological polar surface area (TPSA) is 70.2 Å². The van der Waals surface area contributed by atoms with Gasteiger partial charge in [0.05, 0.1) is 0 Å². The number of aromatic nitrogens is 1. The Morgan fingerprint density at radius 3 is 2.62 bits per heavy atom. The average Bonchev–Trinajstić information content (AvgIpc) is 2.70. The van der Waals surface area contributed by atoms with E-state index in [0.29, 0.717) is 5.92 Å². The minimum atomic E-state index is -1.17. The van der Waals surface area contributed by atoms with Gasteiger partial charge in [0.2, 0.25) is 0 Å². The Morgan fingerprint density at radius 2 is 2.06 bits per heavy atom. The third-order valence-corrected chi connectivity index (χ3v) is 3.18. The Kier molecular flexibility index (Phi) is 3.08. The lowest BCUT2D eigenvalue weighted by Crippen LogP contribution is -2.19. The van der Waals surface area contributed by atoms with Gasteiger partial charge in [0, 0.05) is 5.69 Å². The number of pyridine rings is 1. The molecule has 4 nitrogen and oxygen atoms in total. The van der Waals surface area contributed by atoms with E-state index in [1.165, 1.54) is 31.7 Å². The van der Waals surface area contributed by atoms with Crippen LogP contribution in [0.4, 0.5) is 0 Å². The molecule has 0 aromatic carbocycles. The van der Waals surface area contributed by atoms with Gasteiger partial charge >= 0.3 is 5.97 Å². The highest BCUT2D eigenvalue weighted by atomic mass is 16.4. The van der Waals surface area contributed by atoms with Crippen LogP contribution in [0.15, 0.2) is 16.9 Å². The van der Waals surface area contributed by atoms with E-state index in [4.69, 9.17) is 5.11 Å². The van der Waals surface area contributed by atoms with Crippen molar-refractivity contribution in [2.45, 2.75) is 32.1 Å². The number of hydrogen-bond donors (Lipinski definition) is 2. The molecule has 0 amide bonds. The highest BCUT2D eigenvalue weighted by Gasteiger charge is 2.16. The molecular weight excluding hydrogens is 206 g/mol. The first-order valence-electron chi connectivity index (χ1n) is 5.62. The molecule has 86 valence electrons. The molecule has 1 saturated carbocycles. The van der Waals surface area contributed by atoms with Crippen molar-refractivity contribution in [3.63, 3.8) is 0 Å². The molecule has 0 unspecified atom stereocenters. The molecular formula is C12H15NO3. The van der Waals surface area contributed by atoms with Gasteiger partial charge in [-0.2, -0.15) is 0 Å². The Balaban J connectivity index is 2.14. The zero-order chi connectivity index (χ0) is 11.5. The lowest BCUT2D eigenvalue weighted by atomic mass is 10.0. The number of aromatic amines is 1. The van der Waals surface area contributed by atoms with E-state index in [9.17, 15) is 9.59 Å². The van der Waals surface area contributed by atoms with E-state index in [2.05, 4.69) is 4.98 Å². The van der Waals surface area contributed by atoms with Gasteiger partial charge in [-0.1, -0.05) is 25.7 Å². The van der Waals surface area contributed by atoms with Crippen molar-refractivity contribution >= 4 is 5.97 Å². The monoisotopic (exact) mass is 221 g/mol.